The number of hydrogen-bond acceptors (Lipinski definition) is 2. The number of nitrogens with zero attached hydrogens (tertiary/aromatic N) is 1. The van der Waals surface area contributed by atoms with E-state index in [1.165, 1.54) is 6.08 Å². The van der Waals surface area contributed by atoms with Crippen LogP contribution in [-0.4, -0.2) is 23.3 Å². The van der Waals surface area contributed by atoms with Crippen molar-refractivity contribution < 1.29 is 9.59 Å². The summed E-state index contributed by atoms with van der Waals surface area (Å²) in [6.45, 7) is -0.0518. The molecule has 1 N–H and O–H groups in total. The van der Waals surface area contributed by atoms with E-state index in [4.69, 9.17) is 11.6 Å². The molecular weight excluding hydrogens is 384 g/mol. The predicted molar refractivity (Wildman–Crippen MR) is 116 cm³/mol. The van der Waals surface area contributed by atoms with Crippen LogP contribution in [0.5, 0.6) is 0 Å². The number of fused-ring (bicyclic) bond motifs is 1. The van der Waals surface area contributed by atoms with Crippen molar-refractivity contribution in [3.05, 3.63) is 107 Å². The van der Waals surface area contributed by atoms with Crippen LogP contribution in [0, 0.1) is 0 Å². The fraction of sp³-hybridized carbons (Fsp3) is 0.0833. The SMILES string of the molecule is O=C1CN(C(=O)C=Cc2ccccc2)[C@H](c2ccccc2)c2cc(Cl)ccc2N1. The molecule has 0 fully saturated rings. The van der Waals surface area contributed by atoms with E-state index < -0.39 is 6.04 Å². The number of rotatable bonds is 3. The molecule has 5 heteroatoms. The van der Waals surface area contributed by atoms with Crippen LogP contribution in [0.3, 0.4) is 0 Å². The molecule has 0 saturated carbocycles. The number of hydrogen-bond donors (Lipinski definition) is 1. The monoisotopic (exact) mass is 402 g/mol. The van der Waals surface area contributed by atoms with Crippen LogP contribution in [0.25, 0.3) is 6.08 Å². The number of carbonyl (C=O) groups excluding carboxylic acids is 2. The number of nitrogens with one attached hydrogen (secondary N) is 1. The molecule has 0 aromatic heterocycles. The second kappa shape index (κ2) is 8.33. The lowest BCUT2D eigenvalue weighted by Gasteiger charge is -2.29. The van der Waals surface area contributed by atoms with Gasteiger partial charge in [-0.25, -0.2) is 0 Å². The Balaban J connectivity index is 1.78. The Morgan fingerprint density at radius 3 is 2.41 bits per heavy atom. The van der Waals surface area contributed by atoms with E-state index in [-0.39, 0.29) is 18.4 Å². The van der Waals surface area contributed by atoms with Gasteiger partial charge in [0, 0.05) is 22.3 Å². The van der Waals surface area contributed by atoms with Crippen LogP contribution < -0.4 is 5.32 Å². The van der Waals surface area contributed by atoms with Gasteiger partial charge in [-0.2, -0.15) is 0 Å². The Bertz CT molecular complexity index is 1060. The predicted octanol–water partition coefficient (Wildman–Crippen LogP) is 4.92. The maximum absolute atomic E-state index is 13.2. The molecule has 1 heterocycles. The zero-order chi connectivity index (χ0) is 20.2. The third-order valence-corrected chi connectivity index (χ3v) is 5.06. The van der Waals surface area contributed by atoms with Gasteiger partial charge in [0.1, 0.15) is 6.54 Å². The third kappa shape index (κ3) is 4.23. The number of benzene rings is 3. The van der Waals surface area contributed by atoms with Crippen LogP contribution in [-0.2, 0) is 9.59 Å². The van der Waals surface area contributed by atoms with Crippen molar-refractivity contribution in [1.82, 2.24) is 4.90 Å². The van der Waals surface area contributed by atoms with Crippen molar-refractivity contribution in [2.75, 3.05) is 11.9 Å². The molecule has 0 unspecified atom stereocenters. The second-order valence-corrected chi connectivity index (χ2v) is 7.24. The highest BCUT2D eigenvalue weighted by atomic mass is 35.5. The quantitative estimate of drug-likeness (QED) is 0.632. The molecule has 2 amide bonds. The zero-order valence-corrected chi connectivity index (χ0v) is 16.3. The molecule has 0 aliphatic carbocycles. The Hall–Kier alpha value is -3.37. The lowest BCUT2D eigenvalue weighted by molar-refractivity contribution is -0.131. The standard InChI is InChI=1S/C24H19ClN2O2/c25-19-12-13-21-20(15-19)24(18-9-5-2-6-10-18)27(16-22(28)26-21)23(29)14-11-17-7-3-1-4-8-17/h1-15,24H,16H2,(H,26,28)/t24-/m1/s1. The minimum atomic E-state index is -0.434. The van der Waals surface area contributed by atoms with Crippen molar-refractivity contribution in [2.45, 2.75) is 6.04 Å². The summed E-state index contributed by atoms with van der Waals surface area (Å²) in [4.78, 5) is 27.3. The number of halogens is 1. The van der Waals surface area contributed by atoms with Gasteiger partial charge in [-0.05, 0) is 35.4 Å². The lowest BCUT2D eigenvalue weighted by Crippen LogP contribution is -2.38. The molecule has 3 aromatic rings. The first-order valence-electron chi connectivity index (χ1n) is 9.30. The summed E-state index contributed by atoms with van der Waals surface area (Å²) < 4.78 is 0. The molecular formula is C24H19ClN2O2. The van der Waals surface area contributed by atoms with Gasteiger partial charge in [0.2, 0.25) is 11.8 Å². The maximum Gasteiger partial charge on any atom is 0.247 e. The summed E-state index contributed by atoms with van der Waals surface area (Å²) in [6.07, 6.45) is 3.26. The zero-order valence-electron chi connectivity index (χ0n) is 15.6. The Morgan fingerprint density at radius 2 is 1.69 bits per heavy atom. The highest BCUT2D eigenvalue weighted by Gasteiger charge is 2.32. The molecule has 3 aromatic carbocycles. The summed E-state index contributed by atoms with van der Waals surface area (Å²) in [5.74, 6) is -0.487. The molecule has 0 spiro atoms. The second-order valence-electron chi connectivity index (χ2n) is 6.80. The van der Waals surface area contributed by atoms with Crippen molar-refractivity contribution >= 4 is 35.2 Å². The molecule has 1 aliphatic heterocycles. The average molecular weight is 403 g/mol. The maximum atomic E-state index is 13.2. The van der Waals surface area contributed by atoms with Gasteiger partial charge in [-0.3, -0.25) is 9.59 Å². The first-order valence-corrected chi connectivity index (χ1v) is 9.67. The summed E-state index contributed by atoms with van der Waals surface area (Å²) in [5, 5.41) is 3.44. The molecule has 144 valence electrons. The van der Waals surface area contributed by atoms with Crippen LogP contribution in [0.2, 0.25) is 5.02 Å². The first kappa shape index (κ1) is 19.0. The van der Waals surface area contributed by atoms with Crippen LogP contribution >= 0.6 is 11.6 Å². The third-order valence-electron chi connectivity index (χ3n) is 4.82. The molecule has 1 atom stereocenters. The molecule has 0 radical (unpaired) electrons. The minimum absolute atomic E-state index is 0.0518. The fourth-order valence-electron chi connectivity index (χ4n) is 3.50. The molecule has 4 nitrogen and oxygen atoms in total. The Labute approximate surface area is 174 Å². The minimum Gasteiger partial charge on any atom is -0.324 e. The normalized spacial score (nSPS) is 16.2. The first-order chi connectivity index (χ1) is 14.1. The Kier molecular flexibility index (Phi) is 5.45. The largest absolute Gasteiger partial charge is 0.324 e. The van der Waals surface area contributed by atoms with Gasteiger partial charge < -0.3 is 10.2 Å². The smallest absolute Gasteiger partial charge is 0.247 e. The van der Waals surface area contributed by atoms with E-state index in [2.05, 4.69) is 5.32 Å². The van der Waals surface area contributed by atoms with Gasteiger partial charge in [0.25, 0.3) is 0 Å². The molecule has 1 aliphatic rings. The summed E-state index contributed by atoms with van der Waals surface area (Å²) in [7, 11) is 0. The van der Waals surface area contributed by atoms with E-state index in [0.29, 0.717) is 10.7 Å². The van der Waals surface area contributed by atoms with E-state index in [1.807, 2.05) is 60.7 Å². The van der Waals surface area contributed by atoms with E-state index >= 15 is 0 Å². The topological polar surface area (TPSA) is 49.4 Å². The highest BCUT2D eigenvalue weighted by Crippen LogP contribution is 2.37. The van der Waals surface area contributed by atoms with Crippen molar-refractivity contribution in [3.8, 4) is 0 Å². The van der Waals surface area contributed by atoms with E-state index in [0.717, 1.165) is 16.7 Å². The summed E-state index contributed by atoms with van der Waals surface area (Å²) in [6, 6.07) is 24.1. The summed E-state index contributed by atoms with van der Waals surface area (Å²) >= 11 is 6.26. The van der Waals surface area contributed by atoms with E-state index in [9.17, 15) is 9.59 Å². The van der Waals surface area contributed by atoms with Crippen molar-refractivity contribution in [3.63, 3.8) is 0 Å². The van der Waals surface area contributed by atoms with Crippen molar-refractivity contribution in [1.29, 1.82) is 0 Å². The molecule has 4 rings (SSSR count). The van der Waals surface area contributed by atoms with Gasteiger partial charge in [0.15, 0.2) is 0 Å². The fourth-order valence-corrected chi connectivity index (χ4v) is 3.69. The Morgan fingerprint density at radius 1 is 1.00 bits per heavy atom. The van der Waals surface area contributed by atoms with Crippen LogP contribution in [0.4, 0.5) is 5.69 Å². The van der Waals surface area contributed by atoms with Gasteiger partial charge >= 0.3 is 0 Å². The summed E-state index contributed by atoms with van der Waals surface area (Å²) in [5.41, 5.74) is 3.28. The molecule has 29 heavy (non-hydrogen) atoms. The average Bonchev–Trinajstić information content (AvgIpc) is 2.89. The van der Waals surface area contributed by atoms with E-state index in [1.54, 1.807) is 29.2 Å². The number of amides is 2. The molecule has 0 bridgehead atoms. The van der Waals surface area contributed by atoms with Crippen LogP contribution in [0.15, 0.2) is 84.9 Å². The highest BCUT2D eigenvalue weighted by molar-refractivity contribution is 6.30. The molecule has 0 saturated heterocycles. The number of anilines is 1. The van der Waals surface area contributed by atoms with Gasteiger partial charge in [0.05, 0.1) is 6.04 Å². The van der Waals surface area contributed by atoms with Gasteiger partial charge in [-0.1, -0.05) is 72.3 Å². The lowest BCUT2D eigenvalue weighted by atomic mass is 9.95. The van der Waals surface area contributed by atoms with Gasteiger partial charge in [-0.15, -0.1) is 0 Å². The van der Waals surface area contributed by atoms with Crippen LogP contribution in [0.1, 0.15) is 22.7 Å². The van der Waals surface area contributed by atoms with Crippen molar-refractivity contribution in [2.24, 2.45) is 0 Å². The number of carbonyl (C=O) groups is 2.